The Morgan fingerprint density at radius 1 is 1.39 bits per heavy atom. The maximum Gasteiger partial charge on any atom is 0.315 e. The summed E-state index contributed by atoms with van der Waals surface area (Å²) in [5.41, 5.74) is 3.58. The first-order valence-electron chi connectivity index (χ1n) is 8.01. The predicted octanol–water partition coefficient (Wildman–Crippen LogP) is 2.15. The van der Waals surface area contributed by atoms with Gasteiger partial charge in [-0.2, -0.15) is 0 Å². The van der Waals surface area contributed by atoms with Crippen molar-refractivity contribution < 1.29 is 14.0 Å². The van der Waals surface area contributed by atoms with Crippen LogP contribution >= 0.6 is 0 Å². The molecule has 1 aliphatic rings. The molecule has 0 aliphatic heterocycles. The van der Waals surface area contributed by atoms with Crippen molar-refractivity contribution in [3.63, 3.8) is 0 Å². The summed E-state index contributed by atoms with van der Waals surface area (Å²) in [6.45, 7) is 2.94. The zero-order valence-corrected chi connectivity index (χ0v) is 13.6. The molecule has 0 unspecified atom stereocenters. The third kappa shape index (κ3) is 4.68. The van der Waals surface area contributed by atoms with E-state index in [0.717, 1.165) is 30.4 Å². The molecule has 2 atom stereocenters. The molecule has 3 N–H and O–H groups in total. The minimum Gasteiger partial charge on any atom is -0.352 e. The number of rotatable bonds is 5. The zero-order chi connectivity index (χ0) is 16.8. The molecule has 126 valence electrons. The van der Waals surface area contributed by atoms with Gasteiger partial charge in [-0.3, -0.25) is 4.79 Å². The summed E-state index contributed by atoms with van der Waals surface area (Å²) in [7, 11) is 0. The van der Waals surface area contributed by atoms with Crippen LogP contribution in [0.2, 0.25) is 0 Å². The van der Waals surface area contributed by atoms with Crippen LogP contribution in [0.15, 0.2) is 18.2 Å². The fraction of sp³-hybridized carbons (Fsp3) is 0.529. The second-order valence-corrected chi connectivity index (χ2v) is 5.97. The standard InChI is InChI=1S/C17H24FN3O2/c1-11-6-7-13-4-3-5-15(14(13)10-11)21-17(23)20-12(2)16(22)19-9-8-18/h6-7,10,12,15H,3-5,8-9H2,1-2H3,(H,19,22)(H2,20,21,23)/t12-,15+/m1/s1. The van der Waals surface area contributed by atoms with Crippen LogP contribution in [0.5, 0.6) is 0 Å². The van der Waals surface area contributed by atoms with E-state index in [2.05, 4.69) is 34.1 Å². The highest BCUT2D eigenvalue weighted by atomic mass is 19.1. The molecule has 0 fully saturated rings. The number of benzene rings is 1. The monoisotopic (exact) mass is 321 g/mol. The predicted molar refractivity (Wildman–Crippen MR) is 87.0 cm³/mol. The lowest BCUT2D eigenvalue weighted by Gasteiger charge is -2.27. The Bertz CT molecular complexity index is 577. The van der Waals surface area contributed by atoms with Crippen LogP contribution < -0.4 is 16.0 Å². The Balaban J connectivity index is 1.94. The Morgan fingerprint density at radius 2 is 2.17 bits per heavy atom. The Labute approximate surface area is 136 Å². The van der Waals surface area contributed by atoms with E-state index in [1.165, 1.54) is 5.56 Å². The van der Waals surface area contributed by atoms with Crippen LogP contribution in [-0.2, 0) is 11.2 Å². The first kappa shape index (κ1) is 17.2. The van der Waals surface area contributed by atoms with Crippen LogP contribution in [0.3, 0.4) is 0 Å². The molecule has 2 rings (SSSR count). The number of aryl methyl sites for hydroxylation is 2. The Kier molecular flexibility index (Phi) is 5.96. The fourth-order valence-electron chi connectivity index (χ4n) is 2.85. The normalized spacial score (nSPS) is 17.8. The van der Waals surface area contributed by atoms with Gasteiger partial charge in [-0.15, -0.1) is 0 Å². The van der Waals surface area contributed by atoms with Crippen molar-refractivity contribution in [2.24, 2.45) is 0 Å². The maximum absolute atomic E-state index is 12.1. The van der Waals surface area contributed by atoms with Crippen molar-refractivity contribution in [2.45, 2.75) is 45.2 Å². The molecule has 0 bridgehead atoms. The molecule has 6 heteroatoms. The summed E-state index contributed by atoms with van der Waals surface area (Å²) in [5, 5.41) is 7.94. The van der Waals surface area contributed by atoms with E-state index in [1.54, 1.807) is 6.92 Å². The summed E-state index contributed by atoms with van der Waals surface area (Å²) in [6.07, 6.45) is 2.93. The Morgan fingerprint density at radius 3 is 2.91 bits per heavy atom. The molecule has 0 radical (unpaired) electrons. The minimum absolute atomic E-state index is 0.0399. The van der Waals surface area contributed by atoms with Gasteiger partial charge in [0.1, 0.15) is 12.7 Å². The van der Waals surface area contributed by atoms with E-state index >= 15 is 0 Å². The van der Waals surface area contributed by atoms with Crippen molar-refractivity contribution in [1.82, 2.24) is 16.0 Å². The van der Waals surface area contributed by atoms with Gasteiger partial charge in [0.25, 0.3) is 0 Å². The van der Waals surface area contributed by atoms with Gasteiger partial charge in [-0.25, -0.2) is 9.18 Å². The minimum atomic E-state index is -0.706. The number of nitrogens with one attached hydrogen (secondary N) is 3. The van der Waals surface area contributed by atoms with Gasteiger partial charge >= 0.3 is 6.03 Å². The first-order chi connectivity index (χ1) is 11.0. The molecule has 0 spiro atoms. The van der Waals surface area contributed by atoms with Gasteiger partial charge in [0.2, 0.25) is 5.91 Å². The number of hydrogen-bond acceptors (Lipinski definition) is 2. The largest absolute Gasteiger partial charge is 0.352 e. The van der Waals surface area contributed by atoms with Gasteiger partial charge in [0.15, 0.2) is 0 Å². The highest BCUT2D eigenvalue weighted by Crippen LogP contribution is 2.30. The number of halogens is 1. The molecule has 0 saturated heterocycles. The lowest BCUT2D eigenvalue weighted by atomic mass is 9.87. The summed E-state index contributed by atoms with van der Waals surface area (Å²) in [6, 6.07) is 5.17. The van der Waals surface area contributed by atoms with Gasteiger partial charge in [0, 0.05) is 6.54 Å². The van der Waals surface area contributed by atoms with Crippen LogP contribution in [0.1, 0.15) is 42.5 Å². The number of alkyl halides is 1. The van der Waals surface area contributed by atoms with Crippen molar-refractivity contribution in [3.8, 4) is 0 Å². The number of carbonyl (C=O) groups is 2. The van der Waals surface area contributed by atoms with Crippen LogP contribution in [0.25, 0.3) is 0 Å². The number of urea groups is 1. The second-order valence-electron chi connectivity index (χ2n) is 5.97. The van der Waals surface area contributed by atoms with Gasteiger partial charge < -0.3 is 16.0 Å². The third-order valence-electron chi connectivity index (χ3n) is 4.06. The first-order valence-corrected chi connectivity index (χ1v) is 8.01. The van der Waals surface area contributed by atoms with Crippen molar-refractivity contribution >= 4 is 11.9 Å². The molecule has 1 aliphatic carbocycles. The summed E-state index contributed by atoms with van der Waals surface area (Å²) in [5.74, 6) is -0.391. The molecule has 1 aromatic carbocycles. The molecular formula is C17H24FN3O2. The number of amides is 3. The van der Waals surface area contributed by atoms with Crippen LogP contribution in [-0.4, -0.2) is 31.2 Å². The molecule has 0 aromatic heterocycles. The molecule has 0 heterocycles. The quantitative estimate of drug-likeness (QED) is 0.778. The van der Waals surface area contributed by atoms with Crippen LogP contribution in [0, 0.1) is 6.92 Å². The summed E-state index contributed by atoms with van der Waals surface area (Å²) < 4.78 is 12.0. The topological polar surface area (TPSA) is 70.2 Å². The molecular weight excluding hydrogens is 297 g/mol. The van der Waals surface area contributed by atoms with E-state index in [4.69, 9.17) is 0 Å². The number of carbonyl (C=O) groups excluding carboxylic acids is 2. The molecule has 5 nitrogen and oxygen atoms in total. The average molecular weight is 321 g/mol. The lowest BCUT2D eigenvalue weighted by Crippen LogP contribution is -2.49. The average Bonchev–Trinajstić information content (AvgIpc) is 2.53. The van der Waals surface area contributed by atoms with Gasteiger partial charge in [0.05, 0.1) is 6.04 Å². The van der Waals surface area contributed by atoms with E-state index in [1.807, 2.05) is 6.92 Å². The third-order valence-corrected chi connectivity index (χ3v) is 4.06. The van der Waals surface area contributed by atoms with Crippen molar-refractivity contribution in [3.05, 3.63) is 34.9 Å². The zero-order valence-electron chi connectivity index (χ0n) is 13.6. The van der Waals surface area contributed by atoms with Crippen molar-refractivity contribution in [2.75, 3.05) is 13.2 Å². The molecule has 1 aromatic rings. The molecule has 3 amide bonds. The Hall–Kier alpha value is -2.11. The second kappa shape index (κ2) is 7.94. The molecule has 0 saturated carbocycles. The van der Waals surface area contributed by atoms with E-state index in [-0.39, 0.29) is 18.6 Å². The smallest absolute Gasteiger partial charge is 0.315 e. The van der Waals surface area contributed by atoms with Crippen molar-refractivity contribution in [1.29, 1.82) is 0 Å². The van der Waals surface area contributed by atoms with Crippen LogP contribution in [0.4, 0.5) is 9.18 Å². The SMILES string of the molecule is Cc1ccc2c(c1)[C@@H](NC(=O)N[C@H](C)C(=O)NCCF)CCC2. The van der Waals surface area contributed by atoms with Gasteiger partial charge in [-0.1, -0.05) is 23.8 Å². The summed E-state index contributed by atoms with van der Waals surface area (Å²) >= 11 is 0. The highest BCUT2D eigenvalue weighted by molar-refractivity contribution is 5.86. The van der Waals surface area contributed by atoms with E-state index in [9.17, 15) is 14.0 Å². The lowest BCUT2D eigenvalue weighted by molar-refractivity contribution is -0.122. The highest BCUT2D eigenvalue weighted by Gasteiger charge is 2.23. The van der Waals surface area contributed by atoms with E-state index in [0.29, 0.717) is 0 Å². The van der Waals surface area contributed by atoms with Gasteiger partial charge in [-0.05, 0) is 44.2 Å². The summed E-state index contributed by atoms with van der Waals surface area (Å²) in [4.78, 5) is 23.8. The van der Waals surface area contributed by atoms with E-state index < -0.39 is 18.6 Å². The number of fused-ring (bicyclic) bond motifs is 1. The number of hydrogen-bond donors (Lipinski definition) is 3. The molecule has 23 heavy (non-hydrogen) atoms. The fourth-order valence-corrected chi connectivity index (χ4v) is 2.85. The maximum atomic E-state index is 12.1.